The number of aromatic amines is 3. The number of aromatic nitrogens is 4. The van der Waals surface area contributed by atoms with Crippen molar-refractivity contribution in [2.45, 2.75) is 0 Å². The molecule has 7 N–H and O–H groups in total. The first-order chi connectivity index (χ1) is 34.0. The van der Waals surface area contributed by atoms with Gasteiger partial charge in [-0.1, -0.05) is 36.4 Å². The molecule has 1 aliphatic heterocycles. The average Bonchev–Trinajstić information content (AvgIpc) is 4.15. The van der Waals surface area contributed by atoms with Gasteiger partial charge in [0.15, 0.2) is 0 Å². The predicted octanol–water partition coefficient (Wildman–Crippen LogP) is 3.99. The first-order valence-electron chi connectivity index (χ1n) is 20.9. The third-order valence-corrected chi connectivity index (χ3v) is 15.5. The van der Waals surface area contributed by atoms with Gasteiger partial charge in [0.05, 0.1) is 72.6 Å². The van der Waals surface area contributed by atoms with Crippen LogP contribution in [0.1, 0.15) is 22.8 Å². The third-order valence-electron chi connectivity index (χ3n) is 11.8. The summed E-state index contributed by atoms with van der Waals surface area (Å²) in [7, 11) is -16.5. The van der Waals surface area contributed by atoms with Crippen molar-refractivity contribution in [1.29, 1.82) is 0 Å². The first-order valence-corrected chi connectivity index (χ1v) is 26.7. The quantitative estimate of drug-likeness (QED) is 0.0851. The van der Waals surface area contributed by atoms with Crippen molar-refractivity contribution in [3.05, 3.63) is 172 Å². The van der Waals surface area contributed by atoms with Crippen LogP contribution in [0.4, 0.5) is 0 Å². The Kier molecular flexibility index (Phi) is 12.4. The molecule has 0 spiro atoms. The zero-order valence-electron chi connectivity index (χ0n) is 37.9. The van der Waals surface area contributed by atoms with Crippen LogP contribution in [-0.2, 0) is 40.5 Å². The van der Waals surface area contributed by atoms with Gasteiger partial charge in [0.1, 0.15) is 42.6 Å². The average molecular weight is 1060 g/mol. The van der Waals surface area contributed by atoms with Crippen molar-refractivity contribution in [1.82, 2.24) is 19.5 Å². The Morgan fingerprint density at radius 1 is 0.389 bits per heavy atom. The number of rotatable bonds is 12. The van der Waals surface area contributed by atoms with E-state index in [2.05, 4.69) is 15.0 Å². The largest absolute Gasteiger partial charge is 0.497 e. The van der Waals surface area contributed by atoms with Gasteiger partial charge < -0.3 is 38.5 Å². The molecular formula is C48H40N4O16S4. The third kappa shape index (κ3) is 8.89. The van der Waals surface area contributed by atoms with E-state index in [1.54, 1.807) is 0 Å². The van der Waals surface area contributed by atoms with Crippen LogP contribution in [0, 0.1) is 0 Å². The number of nitrogens with zero attached hydrogens (tertiary/aromatic N) is 1. The maximum atomic E-state index is 14.9. The minimum absolute atomic E-state index is 0.0313. The van der Waals surface area contributed by atoms with Gasteiger partial charge in [0.2, 0.25) is 0 Å². The number of benzene rings is 4. The molecule has 372 valence electrons. The fraction of sp³-hybridized carbons (Fsp3) is 0.0833. The van der Waals surface area contributed by atoms with Crippen LogP contribution in [0.5, 0.6) is 23.0 Å². The number of hydrogen-bond donors (Lipinski definition) is 7. The normalized spacial score (nSPS) is 13.3. The smallest absolute Gasteiger partial charge is 0.298 e. The van der Waals surface area contributed by atoms with E-state index in [0.29, 0.717) is 17.2 Å². The van der Waals surface area contributed by atoms with Crippen LogP contribution in [0.15, 0.2) is 127 Å². The monoisotopic (exact) mass is 1060 g/mol. The summed E-state index contributed by atoms with van der Waals surface area (Å²) in [6, 6.07) is 29.3. The van der Waals surface area contributed by atoms with Crippen molar-refractivity contribution in [3.63, 3.8) is 0 Å². The molecule has 9 rings (SSSR count). The van der Waals surface area contributed by atoms with Crippen LogP contribution < -0.4 is 40.3 Å². The van der Waals surface area contributed by atoms with Gasteiger partial charge in [-0.25, -0.2) is 0 Å². The number of methoxy groups -OCH3 is 4. The van der Waals surface area contributed by atoms with Crippen LogP contribution in [-0.4, -0.2) is 99.8 Å². The fourth-order valence-corrected chi connectivity index (χ4v) is 12.0. The molecule has 5 heterocycles. The molecule has 0 saturated heterocycles. The van der Waals surface area contributed by atoms with Gasteiger partial charge in [0.25, 0.3) is 40.5 Å². The van der Waals surface area contributed by atoms with Gasteiger partial charge in [0, 0.05) is 22.4 Å². The second kappa shape index (κ2) is 18.2. The highest BCUT2D eigenvalue weighted by Gasteiger charge is 2.35. The van der Waals surface area contributed by atoms with E-state index in [0.717, 1.165) is 34.9 Å². The summed E-state index contributed by atoms with van der Waals surface area (Å²) in [6.45, 7) is 0. The first kappa shape index (κ1) is 49.3. The topological polar surface area (TPSA) is 307 Å². The summed E-state index contributed by atoms with van der Waals surface area (Å²) < 4.78 is 181. The minimum atomic E-state index is -5.72. The molecule has 72 heavy (non-hydrogen) atoms. The SMILES string of the molecule is COc1ccc(-c2cc3[nH]c2C(S(=O)(=O)O)=c2c(-c4ccc(OC)cc4)c(-c4ccc(OC)cc4)c(n2-c2ccc(OC)cc2)=C(S(=O)(=O)O)c2ccc([nH]2)C(S(=O)(=O)O)=c2ccc([nH]2)=C3S(=O)(=O)O)cc1. The van der Waals surface area contributed by atoms with Gasteiger partial charge >= 0.3 is 0 Å². The minimum Gasteiger partial charge on any atom is -0.497 e. The summed E-state index contributed by atoms with van der Waals surface area (Å²) in [5.74, 6) is 1.29. The van der Waals surface area contributed by atoms with E-state index >= 15 is 0 Å². The molecule has 0 unspecified atom stereocenters. The molecule has 8 bridgehead atoms. The molecule has 0 radical (unpaired) electrons. The number of hydrogen-bond acceptors (Lipinski definition) is 12. The lowest BCUT2D eigenvalue weighted by Gasteiger charge is -2.14. The second-order valence-corrected chi connectivity index (χ2v) is 21.4. The van der Waals surface area contributed by atoms with E-state index in [-0.39, 0.29) is 44.8 Å². The Hall–Kier alpha value is -7.68. The molecular weight excluding hydrogens is 1020 g/mol. The van der Waals surface area contributed by atoms with Crippen molar-refractivity contribution < 1.29 is 70.8 Å². The molecule has 8 aromatic rings. The molecule has 4 aromatic carbocycles. The lowest BCUT2D eigenvalue weighted by atomic mass is 9.96. The second-order valence-electron chi connectivity index (χ2n) is 15.9. The van der Waals surface area contributed by atoms with Gasteiger partial charge in [-0.15, -0.1) is 0 Å². The molecule has 20 nitrogen and oxygen atoms in total. The molecule has 24 heteroatoms. The zero-order valence-corrected chi connectivity index (χ0v) is 41.2. The molecule has 0 aliphatic carbocycles. The number of H-pyrrole nitrogens is 3. The standard InChI is InChI=1S/C48H40N4O16S4/c1-65-30-13-5-26(6-14-30)34-25-39-46(70(56,57)58)37-22-21-35(49-37)45(69(53,54)55)36-23-24-38(50-36)47(71(59,60)61)43-40(27-7-15-31(66-2)16-8-27)41(28-9-17-32(67-3)18-10-28)44(48(42(34)51-39)72(62,63)64)52(43)29-11-19-33(68-4)20-12-29/h5-25,49-51H,1-4H3,(H,53,54,55)(H,56,57,58)(H,59,60,61)(H,62,63,64). The highest BCUT2D eigenvalue weighted by molar-refractivity contribution is 7.96. The van der Waals surface area contributed by atoms with E-state index in [4.69, 9.17) is 18.9 Å². The van der Waals surface area contributed by atoms with Crippen LogP contribution >= 0.6 is 0 Å². The Bertz CT molecular complexity index is 4210. The van der Waals surface area contributed by atoms with Crippen molar-refractivity contribution in [2.24, 2.45) is 0 Å². The van der Waals surface area contributed by atoms with E-state index in [1.165, 1.54) is 126 Å². The van der Waals surface area contributed by atoms with Gasteiger partial charge in [-0.3, -0.25) is 18.2 Å². The Balaban J connectivity index is 1.73. The molecule has 0 atom stereocenters. The summed E-state index contributed by atoms with van der Waals surface area (Å²) in [4.78, 5) is 4.23. The Labute approximate surface area is 410 Å². The summed E-state index contributed by atoms with van der Waals surface area (Å²) >= 11 is 0. The van der Waals surface area contributed by atoms with Gasteiger partial charge in [-0.05, 0) is 108 Å². The molecule has 0 amide bonds. The van der Waals surface area contributed by atoms with Crippen LogP contribution in [0.25, 0.3) is 58.7 Å². The van der Waals surface area contributed by atoms with Crippen molar-refractivity contribution in [3.8, 4) is 62.1 Å². The van der Waals surface area contributed by atoms with Crippen molar-refractivity contribution in [2.75, 3.05) is 28.4 Å². The van der Waals surface area contributed by atoms with Crippen LogP contribution in [0.3, 0.4) is 0 Å². The molecule has 0 fully saturated rings. The highest BCUT2D eigenvalue weighted by Crippen LogP contribution is 2.39. The maximum Gasteiger partial charge on any atom is 0.298 e. The van der Waals surface area contributed by atoms with Gasteiger partial charge in [-0.2, -0.15) is 33.7 Å². The number of ether oxygens (including phenoxy) is 4. The van der Waals surface area contributed by atoms with E-state index in [9.17, 15) is 51.9 Å². The summed E-state index contributed by atoms with van der Waals surface area (Å²) in [5.41, 5.74) is -2.03. The fourth-order valence-electron chi connectivity index (χ4n) is 8.75. The summed E-state index contributed by atoms with van der Waals surface area (Å²) in [5, 5.41) is -1.98. The highest BCUT2D eigenvalue weighted by atomic mass is 32.2. The van der Waals surface area contributed by atoms with E-state index in [1.807, 2.05) is 0 Å². The van der Waals surface area contributed by atoms with Crippen molar-refractivity contribution >= 4 is 60.1 Å². The zero-order chi connectivity index (χ0) is 51.7. The lowest BCUT2D eigenvalue weighted by Crippen LogP contribution is -2.33. The maximum absolute atomic E-state index is 14.9. The Morgan fingerprint density at radius 3 is 1.15 bits per heavy atom. The number of nitrogens with one attached hydrogen (secondary N) is 3. The lowest BCUT2D eigenvalue weighted by molar-refractivity contribution is 0.414. The predicted molar refractivity (Wildman–Crippen MR) is 265 cm³/mol. The number of fused-ring (bicyclic) bond motifs is 8. The van der Waals surface area contributed by atoms with Crippen LogP contribution in [0.2, 0.25) is 0 Å². The van der Waals surface area contributed by atoms with E-state index < -0.39 is 104 Å². The molecule has 4 aromatic heterocycles. The molecule has 1 aliphatic rings. The summed E-state index contributed by atoms with van der Waals surface area (Å²) in [6.07, 6.45) is 0. The molecule has 0 saturated carbocycles. The Morgan fingerprint density at radius 2 is 0.750 bits per heavy atom.